The van der Waals surface area contributed by atoms with Crippen molar-refractivity contribution in [2.75, 3.05) is 25.6 Å². The van der Waals surface area contributed by atoms with E-state index >= 15 is 0 Å². The van der Waals surface area contributed by atoms with Gasteiger partial charge in [-0.2, -0.15) is 15.2 Å². The maximum absolute atomic E-state index is 13.6. The molecular formula is C31H32N6O10. The minimum atomic E-state index is -2.37. The Hall–Kier alpha value is -5.58. The van der Waals surface area contributed by atoms with Gasteiger partial charge in [0, 0.05) is 20.3 Å². The number of nitrogen functional groups attached to an aromatic ring is 1. The van der Waals surface area contributed by atoms with E-state index in [-0.39, 0.29) is 42.4 Å². The van der Waals surface area contributed by atoms with Crippen LogP contribution in [0.15, 0.2) is 36.7 Å². The van der Waals surface area contributed by atoms with Gasteiger partial charge in [-0.15, -0.1) is 6.42 Å². The van der Waals surface area contributed by atoms with Crippen LogP contribution in [0, 0.1) is 23.7 Å². The Morgan fingerprint density at radius 3 is 2.30 bits per heavy atom. The van der Waals surface area contributed by atoms with E-state index in [1.54, 1.807) is 50.2 Å². The van der Waals surface area contributed by atoms with Gasteiger partial charge in [-0.25, -0.2) is 14.6 Å². The number of hydrogen-bond donors (Lipinski definition) is 1. The molecule has 0 saturated carbocycles. The summed E-state index contributed by atoms with van der Waals surface area (Å²) < 4.78 is 35.5. The number of hydrogen-bond acceptors (Lipinski definition) is 15. The normalized spacial score (nSPS) is 20.5. The average molecular weight is 649 g/mol. The van der Waals surface area contributed by atoms with E-state index in [9.17, 15) is 24.4 Å². The molecular weight excluding hydrogens is 616 g/mol. The van der Waals surface area contributed by atoms with Gasteiger partial charge < -0.3 is 34.2 Å². The molecule has 3 aromatic rings. The number of nitrogens with two attached hydrogens (primary N) is 1. The van der Waals surface area contributed by atoms with Crippen LogP contribution < -0.4 is 5.73 Å². The van der Waals surface area contributed by atoms with Crippen molar-refractivity contribution in [3.8, 4) is 18.4 Å². The van der Waals surface area contributed by atoms with Crippen molar-refractivity contribution in [3.63, 3.8) is 0 Å². The number of nitrogens with zero attached hydrogens (tertiary/aromatic N) is 5. The Morgan fingerprint density at radius 1 is 1.09 bits per heavy atom. The van der Waals surface area contributed by atoms with Gasteiger partial charge in [0.2, 0.25) is 17.5 Å². The molecule has 4 atom stereocenters. The second-order valence-corrected chi connectivity index (χ2v) is 10.2. The smallest absolute Gasteiger partial charge is 0.350 e. The number of esters is 4. The van der Waals surface area contributed by atoms with Gasteiger partial charge in [0.25, 0.3) is 5.60 Å². The number of carbonyl (C=O) groups is 4. The second-order valence-electron chi connectivity index (χ2n) is 10.2. The molecule has 0 radical (unpaired) electrons. The minimum Gasteiger partial charge on any atom is -0.463 e. The quantitative estimate of drug-likeness (QED) is 0.126. The summed E-state index contributed by atoms with van der Waals surface area (Å²) >= 11 is 0. The van der Waals surface area contributed by atoms with Gasteiger partial charge in [0.1, 0.15) is 17.7 Å². The highest BCUT2D eigenvalue weighted by atomic mass is 16.7. The summed E-state index contributed by atoms with van der Waals surface area (Å²) in [6.07, 6.45) is 2.42. The number of terminal acetylenes is 1. The van der Waals surface area contributed by atoms with Crippen LogP contribution in [0.25, 0.3) is 11.2 Å². The molecule has 2 aromatic heterocycles. The Labute approximate surface area is 269 Å². The first-order valence-electron chi connectivity index (χ1n) is 14.4. The molecule has 246 valence electrons. The van der Waals surface area contributed by atoms with E-state index in [4.69, 9.17) is 40.6 Å². The maximum atomic E-state index is 13.6. The lowest BCUT2D eigenvalue weighted by Gasteiger charge is -2.34. The second kappa shape index (κ2) is 14.2. The molecule has 0 aliphatic carbocycles. The molecule has 0 unspecified atom stereocenters. The van der Waals surface area contributed by atoms with Crippen molar-refractivity contribution in [3.05, 3.63) is 48.0 Å². The number of anilines is 1. The molecule has 1 saturated heterocycles. The van der Waals surface area contributed by atoms with Crippen LogP contribution in [0.2, 0.25) is 0 Å². The standard InChI is InChI=1S/C31H32N6O10/c1-6-30(47-19(5)39)21(16-44-31(28(40)42-7-2,29(41)43-8-3)14-20-12-10-9-11-13-20)46-27(24(30)45-18(4)38)37-17-34-23-25(33)35-22(15-32)36-26(23)37/h1,9-13,17,21,24,27H,7-8,14,16H2,2-5H3,(H2,33,35,36)/t21-,24+,27-,30-/m1/s1. The maximum Gasteiger partial charge on any atom is 0.350 e. The van der Waals surface area contributed by atoms with E-state index in [1.165, 1.54) is 10.9 Å². The van der Waals surface area contributed by atoms with Crippen LogP contribution in [-0.2, 0) is 54.0 Å². The Bertz CT molecular complexity index is 1730. The molecule has 0 spiro atoms. The van der Waals surface area contributed by atoms with Crippen LogP contribution in [0.1, 0.15) is 45.3 Å². The van der Waals surface area contributed by atoms with Crippen LogP contribution in [0.5, 0.6) is 0 Å². The number of aromatic nitrogens is 4. The van der Waals surface area contributed by atoms with E-state index in [0.717, 1.165) is 13.8 Å². The summed E-state index contributed by atoms with van der Waals surface area (Å²) in [5, 5.41) is 9.43. The third kappa shape index (κ3) is 6.69. The predicted octanol–water partition coefficient (Wildman–Crippen LogP) is 1.17. The van der Waals surface area contributed by atoms with Gasteiger partial charge in [-0.05, 0) is 19.4 Å². The van der Waals surface area contributed by atoms with Crippen molar-refractivity contribution in [1.29, 1.82) is 5.26 Å². The third-order valence-electron chi connectivity index (χ3n) is 7.10. The van der Waals surface area contributed by atoms with Crippen LogP contribution in [0.4, 0.5) is 5.82 Å². The van der Waals surface area contributed by atoms with E-state index < -0.39 is 60.1 Å². The highest BCUT2D eigenvalue weighted by Crippen LogP contribution is 2.44. The highest BCUT2D eigenvalue weighted by Gasteiger charge is 2.63. The molecule has 3 heterocycles. The summed E-state index contributed by atoms with van der Waals surface area (Å²) in [7, 11) is 0. The Balaban J connectivity index is 1.86. The molecule has 16 heteroatoms. The largest absolute Gasteiger partial charge is 0.463 e. The molecule has 0 amide bonds. The first-order valence-corrected chi connectivity index (χ1v) is 14.4. The lowest BCUT2D eigenvalue weighted by molar-refractivity contribution is -0.200. The van der Waals surface area contributed by atoms with Crippen molar-refractivity contribution >= 4 is 40.9 Å². The van der Waals surface area contributed by atoms with Gasteiger partial charge in [0.05, 0.1) is 26.1 Å². The van der Waals surface area contributed by atoms with Gasteiger partial charge in [-0.1, -0.05) is 36.3 Å². The summed E-state index contributed by atoms with van der Waals surface area (Å²) in [6.45, 7) is 4.40. The lowest BCUT2D eigenvalue weighted by atomic mass is 9.91. The fourth-order valence-corrected chi connectivity index (χ4v) is 5.17. The first kappa shape index (κ1) is 34.3. The molecule has 16 nitrogen and oxygen atoms in total. The minimum absolute atomic E-state index is 0.00277. The van der Waals surface area contributed by atoms with Crippen molar-refractivity contribution < 1.29 is 47.6 Å². The number of benzene rings is 1. The fourth-order valence-electron chi connectivity index (χ4n) is 5.17. The van der Waals surface area contributed by atoms with Gasteiger partial charge in [0.15, 0.2) is 17.7 Å². The highest BCUT2D eigenvalue weighted by molar-refractivity contribution is 6.04. The molecule has 47 heavy (non-hydrogen) atoms. The first-order chi connectivity index (χ1) is 22.5. The summed E-state index contributed by atoms with van der Waals surface area (Å²) in [4.78, 5) is 64.3. The van der Waals surface area contributed by atoms with Gasteiger partial charge in [-0.3, -0.25) is 14.2 Å². The molecule has 0 bridgehead atoms. The number of rotatable bonds is 12. The molecule has 1 aromatic carbocycles. The molecule has 4 rings (SSSR count). The van der Waals surface area contributed by atoms with Crippen LogP contribution in [-0.4, -0.2) is 86.6 Å². The van der Waals surface area contributed by atoms with Crippen molar-refractivity contribution in [2.45, 2.75) is 63.8 Å². The van der Waals surface area contributed by atoms with Crippen molar-refractivity contribution in [2.24, 2.45) is 0 Å². The zero-order chi connectivity index (χ0) is 34.4. The SMILES string of the molecule is C#C[C@@]1(OC(C)=O)[C@@H](COC(Cc2ccccc2)(C(=O)OCC)C(=O)OCC)O[C@@H](n2cnc3c(N)nc(C#N)nc32)[C@@H]1OC(C)=O. The number of carbonyl (C=O) groups excluding carboxylic acids is 4. The molecule has 1 aliphatic heterocycles. The van der Waals surface area contributed by atoms with Crippen molar-refractivity contribution in [1.82, 2.24) is 19.5 Å². The van der Waals surface area contributed by atoms with Crippen LogP contribution >= 0.6 is 0 Å². The molecule has 2 N–H and O–H groups in total. The zero-order valence-corrected chi connectivity index (χ0v) is 26.0. The number of imidazole rings is 1. The monoisotopic (exact) mass is 648 g/mol. The fraction of sp³-hybridized carbons (Fsp3) is 0.419. The average Bonchev–Trinajstić information content (AvgIpc) is 3.58. The number of fused-ring (bicyclic) bond motifs is 1. The number of ether oxygens (including phenoxy) is 6. The number of nitriles is 1. The van der Waals surface area contributed by atoms with E-state index in [0.29, 0.717) is 5.56 Å². The third-order valence-corrected chi connectivity index (χ3v) is 7.10. The summed E-state index contributed by atoms with van der Waals surface area (Å²) in [5.74, 6) is -1.85. The lowest BCUT2D eigenvalue weighted by Crippen LogP contribution is -2.57. The summed E-state index contributed by atoms with van der Waals surface area (Å²) in [6, 6.07) is 10.3. The Kier molecular flexibility index (Phi) is 10.4. The van der Waals surface area contributed by atoms with E-state index in [2.05, 4.69) is 20.9 Å². The van der Waals surface area contributed by atoms with Crippen LogP contribution in [0.3, 0.4) is 0 Å². The summed E-state index contributed by atoms with van der Waals surface area (Å²) in [5.41, 5.74) is 2.03. The Morgan fingerprint density at radius 2 is 1.74 bits per heavy atom. The molecule has 1 aliphatic rings. The molecule has 1 fully saturated rings. The topological polar surface area (TPSA) is 217 Å². The predicted molar refractivity (Wildman–Crippen MR) is 159 cm³/mol. The van der Waals surface area contributed by atoms with Gasteiger partial charge >= 0.3 is 23.9 Å². The van der Waals surface area contributed by atoms with E-state index in [1.807, 2.05) is 0 Å². The zero-order valence-electron chi connectivity index (χ0n) is 26.0.